The van der Waals surface area contributed by atoms with E-state index in [4.69, 9.17) is 4.74 Å². The summed E-state index contributed by atoms with van der Waals surface area (Å²) in [6, 6.07) is 7.60. The van der Waals surface area contributed by atoms with Gasteiger partial charge in [0.25, 0.3) is 5.91 Å². The van der Waals surface area contributed by atoms with Gasteiger partial charge in [0, 0.05) is 25.5 Å². The second kappa shape index (κ2) is 5.85. The Hall–Kier alpha value is -2.18. The summed E-state index contributed by atoms with van der Waals surface area (Å²) < 4.78 is 7.31. The minimum atomic E-state index is -0.445. The van der Waals surface area contributed by atoms with Crippen LogP contribution in [0.25, 0.3) is 5.69 Å². The van der Waals surface area contributed by atoms with Crippen LogP contribution in [-0.2, 0) is 9.53 Å². The van der Waals surface area contributed by atoms with Gasteiger partial charge in [-0.1, -0.05) is 12.1 Å². The fourth-order valence-electron chi connectivity index (χ4n) is 2.15. The van der Waals surface area contributed by atoms with Gasteiger partial charge in [-0.2, -0.15) is 0 Å². The highest BCUT2D eigenvalue weighted by Crippen LogP contribution is 2.20. The van der Waals surface area contributed by atoms with E-state index in [-0.39, 0.29) is 5.91 Å². The molecule has 0 bridgehead atoms. The SMILES string of the molecule is O=C(Nc1ccccc1-n1ccnc1)C1CNCCO1. The zero-order chi connectivity index (χ0) is 13.8. The van der Waals surface area contributed by atoms with Crippen LogP contribution in [0.3, 0.4) is 0 Å². The van der Waals surface area contributed by atoms with Gasteiger partial charge in [0.2, 0.25) is 0 Å². The van der Waals surface area contributed by atoms with Crippen LogP contribution in [-0.4, -0.2) is 41.3 Å². The van der Waals surface area contributed by atoms with E-state index in [1.165, 1.54) is 0 Å². The number of nitrogens with one attached hydrogen (secondary N) is 2. The normalized spacial score (nSPS) is 18.7. The zero-order valence-corrected chi connectivity index (χ0v) is 11.0. The number of ether oxygens (including phenoxy) is 1. The molecule has 3 rings (SSSR count). The highest BCUT2D eigenvalue weighted by molar-refractivity contribution is 5.96. The number of imidazole rings is 1. The summed E-state index contributed by atoms with van der Waals surface area (Å²) in [5.74, 6) is -0.134. The predicted molar refractivity (Wildman–Crippen MR) is 74.8 cm³/mol. The van der Waals surface area contributed by atoms with E-state index in [1.54, 1.807) is 12.5 Å². The van der Waals surface area contributed by atoms with Gasteiger partial charge in [-0.25, -0.2) is 4.98 Å². The van der Waals surface area contributed by atoms with Gasteiger partial charge in [0.1, 0.15) is 6.10 Å². The van der Waals surface area contributed by atoms with Gasteiger partial charge < -0.3 is 19.9 Å². The van der Waals surface area contributed by atoms with Crippen molar-refractivity contribution in [2.45, 2.75) is 6.10 Å². The summed E-state index contributed by atoms with van der Waals surface area (Å²) in [5.41, 5.74) is 1.62. The number of carbonyl (C=O) groups excluding carboxylic acids is 1. The number of hydrogen-bond donors (Lipinski definition) is 2. The fourth-order valence-corrected chi connectivity index (χ4v) is 2.15. The predicted octanol–water partition coefficient (Wildman–Crippen LogP) is 0.799. The van der Waals surface area contributed by atoms with Crippen LogP contribution in [0, 0.1) is 0 Å². The van der Waals surface area contributed by atoms with Crippen LogP contribution >= 0.6 is 0 Å². The number of morpholine rings is 1. The minimum absolute atomic E-state index is 0.134. The molecule has 6 heteroatoms. The van der Waals surface area contributed by atoms with Crippen molar-refractivity contribution in [1.82, 2.24) is 14.9 Å². The highest BCUT2D eigenvalue weighted by atomic mass is 16.5. The summed E-state index contributed by atoms with van der Waals surface area (Å²) in [4.78, 5) is 16.2. The van der Waals surface area contributed by atoms with Gasteiger partial charge >= 0.3 is 0 Å². The number of benzene rings is 1. The molecule has 2 N–H and O–H groups in total. The van der Waals surface area contributed by atoms with Crippen molar-refractivity contribution < 1.29 is 9.53 Å². The molecule has 1 unspecified atom stereocenters. The lowest BCUT2D eigenvalue weighted by molar-refractivity contribution is -0.128. The third-order valence-corrected chi connectivity index (χ3v) is 3.16. The first kappa shape index (κ1) is 12.8. The molecule has 1 aromatic carbocycles. The Morgan fingerprint density at radius 3 is 3.10 bits per heavy atom. The molecule has 1 aromatic heterocycles. The van der Waals surface area contributed by atoms with Gasteiger partial charge in [0.15, 0.2) is 0 Å². The Bertz CT molecular complexity index is 577. The summed E-state index contributed by atoms with van der Waals surface area (Å²) >= 11 is 0. The standard InChI is InChI=1S/C14H16N4O2/c19-14(13-9-15-6-8-20-13)17-11-3-1-2-4-12(11)18-7-5-16-10-18/h1-5,7,10,13,15H,6,8-9H2,(H,17,19). The van der Waals surface area contributed by atoms with Gasteiger partial charge in [-0.05, 0) is 12.1 Å². The van der Waals surface area contributed by atoms with Crippen LogP contribution < -0.4 is 10.6 Å². The summed E-state index contributed by atoms with van der Waals surface area (Å²) in [6.07, 6.45) is 4.79. The number of carbonyl (C=O) groups is 1. The number of anilines is 1. The van der Waals surface area contributed by atoms with Crippen LogP contribution in [0.4, 0.5) is 5.69 Å². The topological polar surface area (TPSA) is 68.2 Å². The maximum atomic E-state index is 12.2. The molecule has 1 atom stereocenters. The van der Waals surface area contributed by atoms with E-state index in [0.717, 1.165) is 17.9 Å². The van der Waals surface area contributed by atoms with Crippen molar-refractivity contribution in [3.8, 4) is 5.69 Å². The maximum absolute atomic E-state index is 12.2. The lowest BCUT2D eigenvalue weighted by Crippen LogP contribution is -2.45. The average Bonchev–Trinajstić information content (AvgIpc) is 3.03. The largest absolute Gasteiger partial charge is 0.366 e. The molecule has 1 fully saturated rings. The summed E-state index contributed by atoms with van der Waals surface area (Å²) in [7, 11) is 0. The highest BCUT2D eigenvalue weighted by Gasteiger charge is 2.22. The van der Waals surface area contributed by atoms with E-state index in [2.05, 4.69) is 15.6 Å². The zero-order valence-electron chi connectivity index (χ0n) is 11.0. The number of amides is 1. The Balaban J connectivity index is 1.79. The molecule has 0 radical (unpaired) electrons. The summed E-state index contributed by atoms with van der Waals surface area (Å²) in [6.45, 7) is 1.88. The Morgan fingerprint density at radius 1 is 1.45 bits per heavy atom. The third-order valence-electron chi connectivity index (χ3n) is 3.16. The van der Waals surface area contributed by atoms with Crippen molar-refractivity contribution in [3.05, 3.63) is 43.0 Å². The molecule has 1 aliphatic rings. The van der Waals surface area contributed by atoms with Crippen molar-refractivity contribution in [2.24, 2.45) is 0 Å². The number of nitrogens with zero attached hydrogens (tertiary/aromatic N) is 2. The number of para-hydroxylation sites is 2. The van der Waals surface area contributed by atoms with Crippen LogP contribution in [0.2, 0.25) is 0 Å². The number of rotatable bonds is 3. The number of hydrogen-bond acceptors (Lipinski definition) is 4. The minimum Gasteiger partial charge on any atom is -0.366 e. The molecule has 1 aliphatic heterocycles. The Kier molecular flexibility index (Phi) is 3.76. The first-order valence-electron chi connectivity index (χ1n) is 6.55. The van der Waals surface area contributed by atoms with Crippen molar-refractivity contribution in [2.75, 3.05) is 25.0 Å². The Labute approximate surface area is 116 Å². The van der Waals surface area contributed by atoms with Crippen molar-refractivity contribution in [1.29, 1.82) is 0 Å². The Morgan fingerprint density at radius 2 is 2.35 bits per heavy atom. The molecule has 20 heavy (non-hydrogen) atoms. The van der Waals surface area contributed by atoms with Crippen LogP contribution in [0.5, 0.6) is 0 Å². The second-order valence-corrected chi connectivity index (χ2v) is 4.54. The average molecular weight is 272 g/mol. The molecular weight excluding hydrogens is 256 g/mol. The monoisotopic (exact) mass is 272 g/mol. The van der Waals surface area contributed by atoms with E-state index in [1.807, 2.05) is 35.0 Å². The third kappa shape index (κ3) is 2.71. The smallest absolute Gasteiger partial charge is 0.254 e. The van der Waals surface area contributed by atoms with Gasteiger partial charge in [0.05, 0.1) is 24.3 Å². The van der Waals surface area contributed by atoms with Gasteiger partial charge in [-0.15, -0.1) is 0 Å². The summed E-state index contributed by atoms with van der Waals surface area (Å²) in [5, 5.41) is 6.06. The molecule has 2 heterocycles. The first-order chi connectivity index (χ1) is 9.84. The molecule has 1 amide bonds. The molecule has 0 saturated carbocycles. The molecule has 6 nitrogen and oxygen atoms in total. The van der Waals surface area contributed by atoms with Crippen molar-refractivity contribution in [3.63, 3.8) is 0 Å². The van der Waals surface area contributed by atoms with E-state index >= 15 is 0 Å². The molecular formula is C14H16N4O2. The first-order valence-corrected chi connectivity index (χ1v) is 6.55. The molecule has 104 valence electrons. The van der Waals surface area contributed by atoms with Crippen LogP contribution in [0.1, 0.15) is 0 Å². The number of aromatic nitrogens is 2. The lowest BCUT2D eigenvalue weighted by Gasteiger charge is -2.23. The maximum Gasteiger partial charge on any atom is 0.254 e. The lowest BCUT2D eigenvalue weighted by atomic mass is 10.2. The molecule has 2 aromatic rings. The molecule has 0 aliphatic carbocycles. The van der Waals surface area contributed by atoms with Crippen molar-refractivity contribution >= 4 is 11.6 Å². The van der Waals surface area contributed by atoms with E-state index < -0.39 is 6.10 Å². The molecule has 1 saturated heterocycles. The van der Waals surface area contributed by atoms with E-state index in [0.29, 0.717) is 13.2 Å². The second-order valence-electron chi connectivity index (χ2n) is 4.54. The fraction of sp³-hybridized carbons (Fsp3) is 0.286. The van der Waals surface area contributed by atoms with Crippen LogP contribution in [0.15, 0.2) is 43.0 Å². The van der Waals surface area contributed by atoms with Gasteiger partial charge in [-0.3, -0.25) is 4.79 Å². The molecule has 0 spiro atoms. The van der Waals surface area contributed by atoms with E-state index in [9.17, 15) is 4.79 Å². The quantitative estimate of drug-likeness (QED) is 0.867.